The Balaban J connectivity index is 1.51. The molecule has 34 heavy (non-hydrogen) atoms. The Morgan fingerprint density at radius 2 is 1.74 bits per heavy atom. The van der Waals surface area contributed by atoms with Crippen LogP contribution in [0.15, 0.2) is 42.5 Å². The summed E-state index contributed by atoms with van der Waals surface area (Å²) < 4.78 is 0. The predicted molar refractivity (Wildman–Crippen MR) is 134 cm³/mol. The first-order chi connectivity index (χ1) is 16.2. The van der Waals surface area contributed by atoms with Crippen LogP contribution in [0.1, 0.15) is 66.7 Å². The van der Waals surface area contributed by atoms with Gasteiger partial charge in [-0.05, 0) is 60.4 Å². The molecule has 0 aromatic heterocycles. The number of amides is 3. The van der Waals surface area contributed by atoms with Gasteiger partial charge in [0.15, 0.2) is 0 Å². The summed E-state index contributed by atoms with van der Waals surface area (Å²) in [6, 6.07) is 13.3. The molecule has 0 radical (unpaired) electrons. The number of likely N-dealkylation sites (tertiary alicyclic amines) is 1. The third kappa shape index (κ3) is 5.16. The lowest BCUT2D eigenvalue weighted by atomic mass is 9.90. The molecule has 1 N–H and O–H groups in total. The summed E-state index contributed by atoms with van der Waals surface area (Å²) in [5.41, 5.74) is 4.36. The lowest BCUT2D eigenvalue weighted by Crippen LogP contribution is -2.42. The molecule has 0 spiro atoms. The summed E-state index contributed by atoms with van der Waals surface area (Å²) in [7, 11) is 0. The fraction of sp³-hybridized carbons (Fsp3) is 0.464. The molecule has 3 atom stereocenters. The summed E-state index contributed by atoms with van der Waals surface area (Å²) in [6.07, 6.45) is 2.11. The molecule has 1 fully saturated rings. The standard InChI is InChI=1S/C28H35N3O3/c1-18-13-19(2)17-30(16-18)28(34)23-10-9-20(3)25(14-23)29-27(33)15-26-24-8-6-5-7-22(24)11-12-31(26)21(4)32/h5-10,14,18-19,26H,11-13,15-17H2,1-4H3,(H,29,33). The fourth-order valence-electron chi connectivity index (χ4n) is 5.53. The van der Waals surface area contributed by atoms with E-state index in [1.807, 2.05) is 42.2 Å². The normalized spacial score (nSPS) is 22.2. The van der Waals surface area contributed by atoms with Gasteiger partial charge in [-0.15, -0.1) is 0 Å². The van der Waals surface area contributed by atoms with Gasteiger partial charge in [-0.25, -0.2) is 0 Å². The van der Waals surface area contributed by atoms with Gasteiger partial charge < -0.3 is 15.1 Å². The largest absolute Gasteiger partial charge is 0.338 e. The molecular formula is C28H35N3O3. The minimum absolute atomic E-state index is 0.0119. The summed E-state index contributed by atoms with van der Waals surface area (Å²) in [5.74, 6) is 0.791. The van der Waals surface area contributed by atoms with E-state index in [0.717, 1.165) is 37.1 Å². The number of aryl methyl sites for hydroxylation is 1. The number of benzene rings is 2. The summed E-state index contributed by atoms with van der Waals surface area (Å²) in [6.45, 7) is 9.99. The van der Waals surface area contributed by atoms with Crippen LogP contribution < -0.4 is 5.32 Å². The molecular weight excluding hydrogens is 426 g/mol. The highest BCUT2D eigenvalue weighted by molar-refractivity contribution is 5.98. The first-order valence-corrected chi connectivity index (χ1v) is 12.3. The first-order valence-electron chi connectivity index (χ1n) is 12.3. The number of hydrogen-bond donors (Lipinski definition) is 1. The van der Waals surface area contributed by atoms with E-state index in [2.05, 4.69) is 25.2 Å². The van der Waals surface area contributed by atoms with Crippen LogP contribution >= 0.6 is 0 Å². The molecule has 180 valence electrons. The van der Waals surface area contributed by atoms with Crippen molar-refractivity contribution in [3.63, 3.8) is 0 Å². The van der Waals surface area contributed by atoms with Gasteiger partial charge in [0.25, 0.3) is 5.91 Å². The number of nitrogens with zero attached hydrogens (tertiary/aromatic N) is 2. The number of hydrogen-bond acceptors (Lipinski definition) is 3. The molecule has 2 heterocycles. The van der Waals surface area contributed by atoms with Crippen LogP contribution in [0.25, 0.3) is 0 Å². The summed E-state index contributed by atoms with van der Waals surface area (Å²) >= 11 is 0. The van der Waals surface area contributed by atoms with Gasteiger partial charge in [-0.2, -0.15) is 0 Å². The van der Waals surface area contributed by atoms with Gasteiger partial charge in [-0.3, -0.25) is 14.4 Å². The highest BCUT2D eigenvalue weighted by Crippen LogP contribution is 2.33. The summed E-state index contributed by atoms with van der Waals surface area (Å²) in [4.78, 5) is 42.3. The van der Waals surface area contributed by atoms with Crippen molar-refractivity contribution in [3.8, 4) is 0 Å². The zero-order valence-electron chi connectivity index (χ0n) is 20.6. The molecule has 0 aliphatic carbocycles. The number of anilines is 1. The van der Waals surface area contributed by atoms with Crippen LogP contribution in [0, 0.1) is 18.8 Å². The number of nitrogens with one attached hydrogen (secondary N) is 1. The predicted octanol–water partition coefficient (Wildman–Crippen LogP) is 4.59. The Morgan fingerprint density at radius 1 is 1.03 bits per heavy atom. The van der Waals surface area contributed by atoms with Crippen LogP contribution in [0.5, 0.6) is 0 Å². The van der Waals surface area contributed by atoms with Gasteiger partial charge in [0.2, 0.25) is 11.8 Å². The number of fused-ring (bicyclic) bond motifs is 1. The van der Waals surface area contributed by atoms with Crippen molar-refractivity contribution in [2.75, 3.05) is 25.0 Å². The topological polar surface area (TPSA) is 69.7 Å². The van der Waals surface area contributed by atoms with E-state index in [1.54, 1.807) is 17.9 Å². The van der Waals surface area contributed by atoms with Crippen molar-refractivity contribution < 1.29 is 14.4 Å². The van der Waals surface area contributed by atoms with Crippen molar-refractivity contribution in [2.24, 2.45) is 11.8 Å². The number of carbonyl (C=O) groups is 3. The molecule has 2 aliphatic rings. The first kappa shape index (κ1) is 24.0. The second kappa shape index (κ2) is 10.00. The molecule has 4 rings (SSSR count). The van der Waals surface area contributed by atoms with Crippen molar-refractivity contribution in [2.45, 2.75) is 53.0 Å². The SMILES string of the molecule is CC(=O)N1CCc2ccccc2C1CC(=O)Nc1cc(C(=O)N2CC(C)CC(C)C2)ccc1C. The Hall–Kier alpha value is -3.15. The van der Waals surface area contributed by atoms with E-state index < -0.39 is 0 Å². The Morgan fingerprint density at radius 3 is 2.44 bits per heavy atom. The van der Waals surface area contributed by atoms with E-state index in [4.69, 9.17) is 0 Å². The van der Waals surface area contributed by atoms with E-state index in [0.29, 0.717) is 29.6 Å². The number of carbonyl (C=O) groups excluding carboxylic acids is 3. The number of piperidine rings is 1. The van der Waals surface area contributed by atoms with Crippen LogP contribution in [0.3, 0.4) is 0 Å². The maximum absolute atomic E-state index is 13.2. The molecule has 3 amide bonds. The Labute approximate surface area is 202 Å². The van der Waals surface area contributed by atoms with Gasteiger partial charge in [0, 0.05) is 37.8 Å². The molecule has 0 saturated carbocycles. The monoisotopic (exact) mass is 461 g/mol. The third-order valence-corrected chi connectivity index (χ3v) is 7.11. The maximum atomic E-state index is 13.2. The molecule has 2 aliphatic heterocycles. The second-order valence-electron chi connectivity index (χ2n) is 10.1. The van der Waals surface area contributed by atoms with Crippen molar-refractivity contribution in [1.29, 1.82) is 0 Å². The average Bonchev–Trinajstić information content (AvgIpc) is 2.79. The van der Waals surface area contributed by atoms with E-state index in [1.165, 1.54) is 5.56 Å². The highest BCUT2D eigenvalue weighted by Gasteiger charge is 2.31. The van der Waals surface area contributed by atoms with Crippen molar-refractivity contribution >= 4 is 23.4 Å². The molecule has 3 unspecified atom stereocenters. The molecule has 6 heteroatoms. The zero-order chi connectivity index (χ0) is 24.4. The van der Waals surface area contributed by atoms with E-state index >= 15 is 0 Å². The smallest absolute Gasteiger partial charge is 0.253 e. The van der Waals surface area contributed by atoms with E-state index in [-0.39, 0.29) is 30.2 Å². The maximum Gasteiger partial charge on any atom is 0.253 e. The van der Waals surface area contributed by atoms with Crippen LogP contribution in [-0.2, 0) is 16.0 Å². The van der Waals surface area contributed by atoms with Crippen molar-refractivity contribution in [3.05, 3.63) is 64.7 Å². The van der Waals surface area contributed by atoms with Crippen LogP contribution in [-0.4, -0.2) is 47.2 Å². The lowest BCUT2D eigenvalue weighted by Gasteiger charge is -2.36. The Bertz CT molecular complexity index is 1090. The molecule has 0 bridgehead atoms. The van der Waals surface area contributed by atoms with Gasteiger partial charge in [0.05, 0.1) is 12.5 Å². The van der Waals surface area contributed by atoms with Crippen LogP contribution in [0.4, 0.5) is 5.69 Å². The number of rotatable bonds is 4. The third-order valence-electron chi connectivity index (χ3n) is 7.11. The minimum Gasteiger partial charge on any atom is -0.338 e. The van der Waals surface area contributed by atoms with Gasteiger partial charge >= 0.3 is 0 Å². The lowest BCUT2D eigenvalue weighted by molar-refractivity contribution is -0.132. The molecule has 2 aromatic rings. The van der Waals surface area contributed by atoms with Crippen molar-refractivity contribution in [1.82, 2.24) is 9.80 Å². The average molecular weight is 462 g/mol. The molecule has 1 saturated heterocycles. The fourth-order valence-corrected chi connectivity index (χ4v) is 5.53. The minimum atomic E-state index is -0.288. The van der Waals surface area contributed by atoms with Gasteiger partial charge in [-0.1, -0.05) is 44.2 Å². The quantitative estimate of drug-likeness (QED) is 0.724. The zero-order valence-corrected chi connectivity index (χ0v) is 20.6. The van der Waals surface area contributed by atoms with Crippen LogP contribution in [0.2, 0.25) is 0 Å². The molecule has 6 nitrogen and oxygen atoms in total. The Kier molecular flexibility index (Phi) is 7.05. The van der Waals surface area contributed by atoms with E-state index in [9.17, 15) is 14.4 Å². The highest BCUT2D eigenvalue weighted by atomic mass is 16.2. The second-order valence-corrected chi connectivity index (χ2v) is 10.1. The summed E-state index contributed by atoms with van der Waals surface area (Å²) in [5, 5.41) is 3.02. The molecule has 2 aromatic carbocycles. The van der Waals surface area contributed by atoms with Gasteiger partial charge in [0.1, 0.15) is 0 Å².